The van der Waals surface area contributed by atoms with Gasteiger partial charge in [0.05, 0.1) is 19.8 Å². The summed E-state index contributed by atoms with van der Waals surface area (Å²) in [6.45, 7) is 2.87. The molecule has 0 aromatic rings. The summed E-state index contributed by atoms with van der Waals surface area (Å²) in [5.41, 5.74) is 0. The minimum atomic E-state index is -4.76. The lowest BCUT2D eigenvalue weighted by Crippen LogP contribution is -2.29. The van der Waals surface area contributed by atoms with E-state index in [9.17, 15) is 14.2 Å². The quantitative estimate of drug-likeness (QED) is 0.0177. The Hall–Kier alpha value is -2.11. The van der Waals surface area contributed by atoms with E-state index in [4.69, 9.17) is 34.6 Å². The van der Waals surface area contributed by atoms with Crippen molar-refractivity contribution < 1.29 is 53.3 Å². The molecular formula is C42H77O11P. The number of hydrogen-bond donors (Lipinski definition) is 5. The van der Waals surface area contributed by atoms with Crippen molar-refractivity contribution in [2.75, 3.05) is 26.4 Å². The topological polar surface area (TPSA) is 180 Å². The van der Waals surface area contributed by atoms with Crippen LogP contribution in [-0.4, -0.2) is 75.7 Å². The molecule has 0 fully saturated rings. The second-order valence-electron chi connectivity index (χ2n) is 13.6. The van der Waals surface area contributed by atoms with Gasteiger partial charge in [-0.05, 0) is 51.4 Å². The SMILES string of the molecule is CCCCC/C=C\C/C=C\C/C=C\C/C=C\CCCC(=O)OC(COC(=O)CCCCCCCCCCCCCCC)COP(=O)(O)O.OCC(O)CO. The highest BCUT2D eigenvalue weighted by atomic mass is 31.2. The summed E-state index contributed by atoms with van der Waals surface area (Å²) < 4.78 is 26.2. The fourth-order valence-electron chi connectivity index (χ4n) is 5.07. The number of carbonyl (C=O) groups excluding carboxylic acids is 2. The fraction of sp³-hybridized carbons (Fsp3) is 0.762. The standard InChI is InChI=1S/C39H69O8P.C3H8O3/c1-3-5-7-9-11-13-15-17-18-19-20-22-24-26-28-30-32-34-39(41)47-37(36-46-48(42,43)44)35-45-38(40)33-31-29-27-25-23-21-16-14-12-10-8-6-4-2;4-1-3(6)2-5/h11,13,17-18,20,22,26,28,37H,3-10,12,14-16,19,21,23-25,27,29-36H2,1-2H3,(H2,42,43,44);3-6H,1-2H2/b13-11-,18-17-,22-20-,28-26-;. The van der Waals surface area contributed by atoms with Gasteiger partial charge in [-0.2, -0.15) is 0 Å². The van der Waals surface area contributed by atoms with Crippen molar-refractivity contribution >= 4 is 19.8 Å². The lowest BCUT2D eigenvalue weighted by Gasteiger charge is -2.18. The Morgan fingerprint density at radius 2 is 0.963 bits per heavy atom. The molecule has 0 aliphatic heterocycles. The number of ether oxygens (including phenoxy) is 2. The van der Waals surface area contributed by atoms with Gasteiger partial charge in [-0.25, -0.2) is 4.57 Å². The van der Waals surface area contributed by atoms with Crippen molar-refractivity contribution in [1.82, 2.24) is 0 Å². The normalized spacial score (nSPS) is 12.7. The third kappa shape index (κ3) is 46.0. The Morgan fingerprint density at radius 3 is 1.41 bits per heavy atom. The zero-order chi connectivity index (χ0) is 40.4. The maximum Gasteiger partial charge on any atom is 0.469 e. The molecule has 1 unspecified atom stereocenters. The van der Waals surface area contributed by atoms with Crippen LogP contribution in [0.4, 0.5) is 0 Å². The highest BCUT2D eigenvalue weighted by Gasteiger charge is 2.22. The number of rotatable bonds is 36. The molecule has 1 atom stereocenters. The number of phosphoric acid groups is 1. The molecule has 12 heteroatoms. The lowest BCUT2D eigenvalue weighted by molar-refractivity contribution is -0.161. The zero-order valence-corrected chi connectivity index (χ0v) is 34.6. The molecule has 0 amide bonds. The van der Waals surface area contributed by atoms with Gasteiger partial charge in [-0.15, -0.1) is 0 Å². The predicted octanol–water partition coefficient (Wildman–Crippen LogP) is 9.51. The van der Waals surface area contributed by atoms with Crippen LogP contribution in [0, 0.1) is 0 Å². The van der Waals surface area contributed by atoms with E-state index in [0.717, 1.165) is 38.5 Å². The van der Waals surface area contributed by atoms with E-state index in [1.165, 1.54) is 89.9 Å². The molecule has 0 bridgehead atoms. The number of aliphatic hydroxyl groups excluding tert-OH is 3. The van der Waals surface area contributed by atoms with Crippen LogP contribution < -0.4 is 0 Å². The summed E-state index contributed by atoms with van der Waals surface area (Å²) >= 11 is 0. The summed E-state index contributed by atoms with van der Waals surface area (Å²) in [7, 11) is -4.76. The van der Waals surface area contributed by atoms with Gasteiger partial charge < -0.3 is 34.6 Å². The van der Waals surface area contributed by atoms with Crippen LogP contribution in [0.25, 0.3) is 0 Å². The Kier molecular flexibility index (Phi) is 42.0. The van der Waals surface area contributed by atoms with Crippen molar-refractivity contribution in [3.63, 3.8) is 0 Å². The molecular weight excluding hydrogens is 711 g/mol. The lowest BCUT2D eigenvalue weighted by atomic mass is 10.0. The molecule has 0 aliphatic rings. The average Bonchev–Trinajstić information content (AvgIpc) is 3.15. The van der Waals surface area contributed by atoms with Gasteiger partial charge in [-0.3, -0.25) is 14.1 Å². The second-order valence-corrected chi connectivity index (χ2v) is 14.8. The maximum absolute atomic E-state index is 12.3. The molecule has 0 saturated heterocycles. The molecule has 316 valence electrons. The Balaban J connectivity index is 0. The molecule has 0 radical (unpaired) electrons. The molecule has 0 rings (SSSR count). The second kappa shape index (κ2) is 42.0. The third-order valence-corrected chi connectivity index (χ3v) is 8.76. The minimum Gasteiger partial charge on any atom is -0.462 e. The summed E-state index contributed by atoms with van der Waals surface area (Å²) in [5.74, 6) is -0.950. The van der Waals surface area contributed by atoms with Gasteiger partial charge in [0.1, 0.15) is 12.7 Å². The van der Waals surface area contributed by atoms with Crippen molar-refractivity contribution in [3.8, 4) is 0 Å². The molecule has 5 N–H and O–H groups in total. The first-order valence-electron chi connectivity index (χ1n) is 20.6. The van der Waals surface area contributed by atoms with Crippen LogP contribution in [0.2, 0.25) is 0 Å². The van der Waals surface area contributed by atoms with Crippen molar-refractivity contribution in [3.05, 3.63) is 48.6 Å². The Bertz CT molecular complexity index is 1000. The molecule has 0 spiro atoms. The summed E-state index contributed by atoms with van der Waals surface area (Å²) in [6, 6.07) is 0. The number of esters is 2. The van der Waals surface area contributed by atoms with Gasteiger partial charge in [0.15, 0.2) is 6.10 Å². The van der Waals surface area contributed by atoms with E-state index < -0.39 is 38.6 Å². The first-order valence-corrected chi connectivity index (χ1v) is 22.2. The smallest absolute Gasteiger partial charge is 0.462 e. The highest BCUT2D eigenvalue weighted by Crippen LogP contribution is 2.36. The van der Waals surface area contributed by atoms with E-state index in [0.29, 0.717) is 12.8 Å². The van der Waals surface area contributed by atoms with Crippen molar-refractivity contribution in [2.24, 2.45) is 0 Å². The van der Waals surface area contributed by atoms with E-state index in [-0.39, 0.29) is 32.7 Å². The molecule has 0 aromatic heterocycles. The largest absolute Gasteiger partial charge is 0.469 e. The predicted molar refractivity (Wildman–Crippen MR) is 218 cm³/mol. The number of carbonyl (C=O) groups is 2. The van der Waals surface area contributed by atoms with Crippen LogP contribution in [0.15, 0.2) is 48.6 Å². The summed E-state index contributed by atoms with van der Waals surface area (Å²) in [6.07, 6.45) is 40.2. The number of aliphatic hydroxyl groups is 3. The molecule has 0 aliphatic carbocycles. The van der Waals surface area contributed by atoms with Crippen LogP contribution in [0.5, 0.6) is 0 Å². The van der Waals surface area contributed by atoms with Crippen molar-refractivity contribution in [2.45, 2.75) is 180 Å². The van der Waals surface area contributed by atoms with Gasteiger partial charge in [0.2, 0.25) is 0 Å². The van der Waals surface area contributed by atoms with E-state index in [1.54, 1.807) is 0 Å². The van der Waals surface area contributed by atoms with E-state index in [2.05, 4.69) is 60.9 Å². The molecule has 11 nitrogen and oxygen atoms in total. The third-order valence-electron chi connectivity index (χ3n) is 8.27. The van der Waals surface area contributed by atoms with Crippen LogP contribution in [0.3, 0.4) is 0 Å². The van der Waals surface area contributed by atoms with Gasteiger partial charge in [-0.1, -0.05) is 152 Å². The fourth-order valence-corrected chi connectivity index (χ4v) is 5.43. The van der Waals surface area contributed by atoms with E-state index >= 15 is 0 Å². The number of unbranched alkanes of at least 4 members (excludes halogenated alkanes) is 16. The number of hydrogen-bond acceptors (Lipinski definition) is 9. The van der Waals surface area contributed by atoms with Gasteiger partial charge >= 0.3 is 19.8 Å². The van der Waals surface area contributed by atoms with Gasteiger partial charge in [0.25, 0.3) is 0 Å². The first kappa shape index (κ1) is 54.0. The summed E-state index contributed by atoms with van der Waals surface area (Å²) in [5, 5.41) is 24.0. The maximum atomic E-state index is 12.3. The first-order chi connectivity index (χ1) is 26.1. The number of phosphoric ester groups is 1. The number of allylic oxidation sites excluding steroid dienone is 8. The summed E-state index contributed by atoms with van der Waals surface area (Å²) in [4.78, 5) is 42.6. The molecule has 0 saturated carbocycles. The van der Waals surface area contributed by atoms with Crippen LogP contribution >= 0.6 is 7.82 Å². The average molecular weight is 789 g/mol. The Morgan fingerprint density at radius 1 is 0.556 bits per heavy atom. The Labute approximate surface area is 327 Å². The van der Waals surface area contributed by atoms with Gasteiger partial charge in [0, 0.05) is 12.8 Å². The zero-order valence-electron chi connectivity index (χ0n) is 33.7. The van der Waals surface area contributed by atoms with Crippen molar-refractivity contribution in [1.29, 1.82) is 0 Å². The van der Waals surface area contributed by atoms with Crippen LogP contribution in [-0.2, 0) is 28.2 Å². The molecule has 54 heavy (non-hydrogen) atoms. The van der Waals surface area contributed by atoms with E-state index in [1.807, 2.05) is 6.08 Å². The molecule has 0 aromatic carbocycles. The monoisotopic (exact) mass is 789 g/mol. The highest BCUT2D eigenvalue weighted by molar-refractivity contribution is 7.46. The van der Waals surface area contributed by atoms with Crippen LogP contribution in [0.1, 0.15) is 168 Å². The molecule has 0 heterocycles. The minimum absolute atomic E-state index is 0.136.